The zero-order valence-electron chi connectivity index (χ0n) is 12.5. The number of carbonyl (C=O) groups is 1. The van der Waals surface area contributed by atoms with E-state index in [0.29, 0.717) is 11.6 Å². The average Bonchev–Trinajstić information content (AvgIpc) is 2.95. The smallest absolute Gasteiger partial charge is 0.270 e. The highest BCUT2D eigenvalue weighted by Crippen LogP contribution is 2.40. The maximum atomic E-state index is 12.8. The molecule has 4 rings (SSSR count). The average molecular weight is 315 g/mol. The molecule has 0 aliphatic heterocycles. The number of aromatic nitrogens is 4. The van der Waals surface area contributed by atoms with Crippen LogP contribution in [0.5, 0.6) is 0 Å². The summed E-state index contributed by atoms with van der Waals surface area (Å²) >= 11 is 1.53. The van der Waals surface area contributed by atoms with E-state index in [-0.39, 0.29) is 11.9 Å². The highest BCUT2D eigenvalue weighted by Gasteiger charge is 2.36. The Morgan fingerprint density at radius 1 is 1.45 bits per heavy atom. The minimum absolute atomic E-state index is 0.0314. The van der Waals surface area contributed by atoms with Gasteiger partial charge in [0.15, 0.2) is 4.96 Å². The van der Waals surface area contributed by atoms with E-state index in [9.17, 15) is 4.79 Å². The Labute approximate surface area is 131 Å². The van der Waals surface area contributed by atoms with Gasteiger partial charge in [0, 0.05) is 31.0 Å². The number of nitrogens with zero attached hydrogens (tertiary/aromatic N) is 4. The van der Waals surface area contributed by atoms with Gasteiger partial charge in [-0.2, -0.15) is 0 Å². The molecule has 0 bridgehead atoms. The van der Waals surface area contributed by atoms with E-state index >= 15 is 0 Å². The molecule has 6 nitrogen and oxygen atoms in total. The van der Waals surface area contributed by atoms with Gasteiger partial charge in [-0.3, -0.25) is 9.20 Å². The van der Waals surface area contributed by atoms with Gasteiger partial charge in [0.25, 0.3) is 5.91 Å². The van der Waals surface area contributed by atoms with Crippen molar-refractivity contribution in [2.45, 2.75) is 25.8 Å². The summed E-state index contributed by atoms with van der Waals surface area (Å²) in [5, 5.41) is 5.11. The summed E-state index contributed by atoms with van der Waals surface area (Å²) < 4.78 is 3.84. The van der Waals surface area contributed by atoms with Gasteiger partial charge in [-0.15, -0.1) is 11.3 Å². The molecule has 0 aromatic carbocycles. The minimum atomic E-state index is -0.0803. The second-order valence-electron chi connectivity index (χ2n) is 5.79. The summed E-state index contributed by atoms with van der Waals surface area (Å²) in [7, 11) is 1.96. The minimum Gasteiger partial charge on any atom is -0.340 e. The van der Waals surface area contributed by atoms with E-state index in [1.54, 1.807) is 6.20 Å². The SMILES string of the molecule is Cc1nc2sccn2c1C(=O)N[C@H](c1nccn1C)C1CC1. The fraction of sp³-hybridized carbons (Fsp3) is 0.400. The topological polar surface area (TPSA) is 64.2 Å². The molecule has 1 amide bonds. The maximum absolute atomic E-state index is 12.8. The van der Waals surface area contributed by atoms with Crippen LogP contribution < -0.4 is 5.32 Å². The highest BCUT2D eigenvalue weighted by atomic mass is 32.1. The van der Waals surface area contributed by atoms with E-state index in [1.807, 2.05) is 40.7 Å². The molecule has 0 radical (unpaired) electrons. The van der Waals surface area contributed by atoms with Crippen LogP contribution in [-0.4, -0.2) is 24.8 Å². The standard InChI is InChI=1S/C15H17N5OS/c1-9-12(20-7-8-22-15(20)17-9)14(21)18-11(10-3-4-10)13-16-5-6-19(13)2/h5-8,10-11H,3-4H2,1-2H3,(H,18,21)/t11-/m0/s1. The second kappa shape index (κ2) is 4.95. The molecule has 3 aromatic heterocycles. The van der Waals surface area contributed by atoms with Crippen molar-refractivity contribution in [1.29, 1.82) is 0 Å². The van der Waals surface area contributed by atoms with Crippen LogP contribution in [-0.2, 0) is 7.05 Å². The number of hydrogen-bond acceptors (Lipinski definition) is 4. The summed E-state index contributed by atoms with van der Waals surface area (Å²) in [5.74, 6) is 1.32. The van der Waals surface area contributed by atoms with Crippen molar-refractivity contribution in [3.63, 3.8) is 0 Å². The van der Waals surface area contributed by atoms with Crippen molar-refractivity contribution in [3.05, 3.63) is 41.2 Å². The third-order valence-electron chi connectivity index (χ3n) is 4.17. The number of amides is 1. The predicted octanol–water partition coefficient (Wildman–Crippen LogP) is 2.32. The Balaban J connectivity index is 1.66. The molecule has 0 saturated heterocycles. The Morgan fingerprint density at radius 2 is 2.27 bits per heavy atom. The lowest BCUT2D eigenvalue weighted by atomic mass is 10.1. The molecule has 7 heteroatoms. The van der Waals surface area contributed by atoms with E-state index in [2.05, 4.69) is 15.3 Å². The van der Waals surface area contributed by atoms with Gasteiger partial charge in [0.1, 0.15) is 11.5 Å². The molecular formula is C15H17N5OS. The first kappa shape index (κ1) is 13.5. The molecule has 1 aliphatic carbocycles. The number of aryl methyl sites for hydroxylation is 2. The fourth-order valence-electron chi connectivity index (χ4n) is 2.88. The Bertz CT molecular complexity index is 841. The van der Waals surface area contributed by atoms with Crippen molar-refractivity contribution < 1.29 is 4.79 Å². The highest BCUT2D eigenvalue weighted by molar-refractivity contribution is 7.15. The Morgan fingerprint density at radius 3 is 2.95 bits per heavy atom. The molecule has 1 atom stereocenters. The zero-order valence-corrected chi connectivity index (χ0v) is 13.3. The quantitative estimate of drug-likeness (QED) is 0.803. The van der Waals surface area contributed by atoms with Gasteiger partial charge in [0.05, 0.1) is 11.7 Å². The van der Waals surface area contributed by atoms with Crippen molar-refractivity contribution in [2.75, 3.05) is 0 Å². The molecular weight excluding hydrogens is 298 g/mol. The van der Waals surface area contributed by atoms with Crippen LogP contribution in [0.4, 0.5) is 0 Å². The summed E-state index contributed by atoms with van der Waals surface area (Å²) in [5.41, 5.74) is 1.38. The number of carbonyl (C=O) groups excluding carboxylic acids is 1. The first-order chi connectivity index (χ1) is 10.6. The van der Waals surface area contributed by atoms with Gasteiger partial charge in [-0.25, -0.2) is 9.97 Å². The zero-order chi connectivity index (χ0) is 15.3. The van der Waals surface area contributed by atoms with Crippen molar-refractivity contribution >= 4 is 22.2 Å². The van der Waals surface area contributed by atoms with Gasteiger partial charge >= 0.3 is 0 Å². The monoisotopic (exact) mass is 315 g/mol. The maximum Gasteiger partial charge on any atom is 0.270 e. The van der Waals surface area contributed by atoms with Gasteiger partial charge in [-0.05, 0) is 25.7 Å². The lowest BCUT2D eigenvalue weighted by Gasteiger charge is -2.18. The van der Waals surface area contributed by atoms with E-state index < -0.39 is 0 Å². The largest absolute Gasteiger partial charge is 0.340 e. The number of nitrogens with one attached hydrogen (secondary N) is 1. The number of fused-ring (bicyclic) bond motifs is 1. The van der Waals surface area contributed by atoms with Crippen LogP contribution >= 0.6 is 11.3 Å². The van der Waals surface area contributed by atoms with Gasteiger partial charge < -0.3 is 9.88 Å². The molecule has 1 fully saturated rings. The third kappa shape index (κ3) is 2.12. The summed E-state index contributed by atoms with van der Waals surface area (Å²) in [6.45, 7) is 1.88. The number of thiazole rings is 1. The van der Waals surface area contributed by atoms with Crippen LogP contribution in [0.15, 0.2) is 24.0 Å². The Hall–Kier alpha value is -2.15. The number of rotatable bonds is 4. The lowest BCUT2D eigenvalue weighted by molar-refractivity contribution is 0.0922. The van der Waals surface area contributed by atoms with Crippen molar-refractivity contribution in [1.82, 2.24) is 24.3 Å². The summed E-state index contributed by atoms with van der Waals surface area (Å²) in [6.07, 6.45) is 7.85. The summed E-state index contributed by atoms with van der Waals surface area (Å²) in [4.78, 5) is 22.5. The molecule has 114 valence electrons. The van der Waals surface area contributed by atoms with Crippen LogP contribution in [0.2, 0.25) is 0 Å². The first-order valence-corrected chi connectivity index (χ1v) is 8.23. The molecule has 0 unspecified atom stereocenters. The van der Waals surface area contributed by atoms with Gasteiger partial charge in [0.2, 0.25) is 0 Å². The molecule has 0 spiro atoms. The van der Waals surface area contributed by atoms with Crippen molar-refractivity contribution in [3.8, 4) is 0 Å². The predicted molar refractivity (Wildman–Crippen MR) is 83.9 cm³/mol. The number of hydrogen-bond donors (Lipinski definition) is 1. The fourth-order valence-corrected chi connectivity index (χ4v) is 3.64. The number of imidazole rings is 2. The van der Waals surface area contributed by atoms with Crippen LogP contribution in [0.3, 0.4) is 0 Å². The van der Waals surface area contributed by atoms with Crippen LogP contribution in [0, 0.1) is 12.8 Å². The van der Waals surface area contributed by atoms with Crippen molar-refractivity contribution in [2.24, 2.45) is 13.0 Å². The third-order valence-corrected chi connectivity index (χ3v) is 4.92. The van der Waals surface area contributed by atoms with Crippen LogP contribution in [0.1, 0.15) is 40.9 Å². The van der Waals surface area contributed by atoms with E-state index in [0.717, 1.165) is 29.3 Å². The molecule has 3 aromatic rings. The first-order valence-electron chi connectivity index (χ1n) is 7.35. The lowest BCUT2D eigenvalue weighted by Crippen LogP contribution is -2.32. The van der Waals surface area contributed by atoms with Gasteiger partial charge in [-0.1, -0.05) is 0 Å². The molecule has 22 heavy (non-hydrogen) atoms. The second-order valence-corrected chi connectivity index (χ2v) is 6.66. The molecule has 3 heterocycles. The van der Waals surface area contributed by atoms with E-state index in [1.165, 1.54) is 11.3 Å². The molecule has 1 N–H and O–H groups in total. The van der Waals surface area contributed by atoms with E-state index in [4.69, 9.17) is 0 Å². The summed E-state index contributed by atoms with van der Waals surface area (Å²) in [6, 6.07) is -0.0314. The normalized spacial score (nSPS) is 16.1. The van der Waals surface area contributed by atoms with Crippen LogP contribution in [0.25, 0.3) is 4.96 Å². The Kier molecular flexibility index (Phi) is 3.04. The molecule has 1 saturated carbocycles. The molecule has 1 aliphatic rings.